The summed E-state index contributed by atoms with van der Waals surface area (Å²) in [6, 6.07) is 9.99. The van der Waals surface area contributed by atoms with E-state index in [1.165, 1.54) is 5.56 Å². The van der Waals surface area contributed by atoms with E-state index >= 15 is 0 Å². The summed E-state index contributed by atoms with van der Waals surface area (Å²) in [5.41, 5.74) is 3.03. The highest BCUT2D eigenvalue weighted by molar-refractivity contribution is 6.28. The lowest BCUT2D eigenvalue weighted by molar-refractivity contribution is 0.818. The zero-order chi connectivity index (χ0) is 13.0. The van der Waals surface area contributed by atoms with Gasteiger partial charge in [-0.2, -0.15) is 0 Å². The molecule has 0 aliphatic heterocycles. The first-order valence-electron chi connectivity index (χ1n) is 5.69. The van der Waals surface area contributed by atoms with Gasteiger partial charge in [-0.1, -0.05) is 12.1 Å². The zero-order valence-corrected chi connectivity index (χ0v) is 11.1. The number of benzene rings is 1. The first-order chi connectivity index (χ1) is 8.67. The smallest absolute Gasteiger partial charge is 0.224 e. The Morgan fingerprint density at radius 3 is 2.78 bits per heavy atom. The van der Waals surface area contributed by atoms with Crippen LogP contribution in [0.3, 0.4) is 0 Å². The summed E-state index contributed by atoms with van der Waals surface area (Å²) in [5.74, 6) is 0.703. The van der Waals surface area contributed by atoms with Crippen molar-refractivity contribution in [2.75, 3.05) is 12.4 Å². The van der Waals surface area contributed by atoms with Gasteiger partial charge in [0.1, 0.15) is 5.82 Å². The number of nitrogens with one attached hydrogen (secondary N) is 2. The summed E-state index contributed by atoms with van der Waals surface area (Å²) in [5, 5.41) is 6.59. The van der Waals surface area contributed by atoms with Crippen LogP contribution in [-0.4, -0.2) is 17.0 Å². The molecule has 4 nitrogen and oxygen atoms in total. The van der Waals surface area contributed by atoms with Gasteiger partial charge in [0.25, 0.3) is 0 Å². The molecule has 0 fully saturated rings. The number of nitrogens with zero attached hydrogens (tertiary/aromatic N) is 2. The second-order valence-electron chi connectivity index (χ2n) is 4.02. The third kappa shape index (κ3) is 3.42. The van der Waals surface area contributed by atoms with Crippen LogP contribution in [0, 0.1) is 6.92 Å². The minimum absolute atomic E-state index is 0.254. The number of rotatable bonds is 4. The second kappa shape index (κ2) is 5.80. The monoisotopic (exact) mass is 262 g/mol. The van der Waals surface area contributed by atoms with E-state index in [9.17, 15) is 0 Å². The SMILES string of the molecule is CNCc1cccc(Nc2cc(C)nc(Cl)n2)c1. The highest BCUT2D eigenvalue weighted by atomic mass is 35.5. The van der Waals surface area contributed by atoms with E-state index in [1.807, 2.05) is 32.2 Å². The molecule has 1 aromatic carbocycles. The Balaban J connectivity index is 2.20. The number of hydrogen-bond donors (Lipinski definition) is 2. The Bertz CT molecular complexity index is 522. The average Bonchev–Trinajstić information content (AvgIpc) is 2.28. The third-order valence-corrected chi connectivity index (χ3v) is 2.58. The van der Waals surface area contributed by atoms with E-state index in [4.69, 9.17) is 11.6 Å². The van der Waals surface area contributed by atoms with E-state index in [0.29, 0.717) is 5.82 Å². The average molecular weight is 263 g/mol. The van der Waals surface area contributed by atoms with Gasteiger partial charge in [-0.3, -0.25) is 0 Å². The Morgan fingerprint density at radius 2 is 2.06 bits per heavy atom. The minimum Gasteiger partial charge on any atom is -0.340 e. The summed E-state index contributed by atoms with van der Waals surface area (Å²) >= 11 is 5.83. The van der Waals surface area contributed by atoms with Crippen molar-refractivity contribution in [3.8, 4) is 0 Å². The number of hydrogen-bond acceptors (Lipinski definition) is 4. The molecule has 2 aromatic rings. The summed E-state index contributed by atoms with van der Waals surface area (Å²) in [4.78, 5) is 8.16. The number of anilines is 2. The zero-order valence-electron chi connectivity index (χ0n) is 10.4. The quantitative estimate of drug-likeness (QED) is 0.832. The van der Waals surface area contributed by atoms with Crippen LogP contribution in [0.15, 0.2) is 30.3 Å². The normalized spacial score (nSPS) is 10.4. The molecule has 1 aromatic heterocycles. The van der Waals surface area contributed by atoms with Crippen molar-refractivity contribution in [3.05, 3.63) is 46.9 Å². The van der Waals surface area contributed by atoms with Gasteiger partial charge in [-0.25, -0.2) is 9.97 Å². The van der Waals surface area contributed by atoms with Crippen LogP contribution >= 0.6 is 11.6 Å². The maximum Gasteiger partial charge on any atom is 0.224 e. The van der Waals surface area contributed by atoms with Crippen molar-refractivity contribution in [2.24, 2.45) is 0 Å². The van der Waals surface area contributed by atoms with Gasteiger partial charge in [0, 0.05) is 24.0 Å². The summed E-state index contributed by atoms with van der Waals surface area (Å²) in [6.07, 6.45) is 0. The molecule has 0 aliphatic rings. The van der Waals surface area contributed by atoms with E-state index in [0.717, 1.165) is 17.9 Å². The highest BCUT2D eigenvalue weighted by Crippen LogP contribution is 2.17. The summed E-state index contributed by atoms with van der Waals surface area (Å²) in [7, 11) is 1.92. The first kappa shape index (κ1) is 12.8. The summed E-state index contributed by atoms with van der Waals surface area (Å²) in [6.45, 7) is 2.72. The van der Waals surface area contributed by atoms with Crippen molar-refractivity contribution >= 4 is 23.1 Å². The van der Waals surface area contributed by atoms with E-state index in [1.54, 1.807) is 0 Å². The van der Waals surface area contributed by atoms with Crippen LogP contribution in [0.5, 0.6) is 0 Å². The van der Waals surface area contributed by atoms with Crippen LogP contribution in [0.25, 0.3) is 0 Å². The minimum atomic E-state index is 0.254. The standard InChI is InChI=1S/C13H15ClN4/c1-9-6-12(18-13(14)16-9)17-11-5-3-4-10(7-11)8-15-2/h3-7,15H,8H2,1-2H3,(H,16,17,18). The van der Waals surface area contributed by atoms with Crippen molar-refractivity contribution in [2.45, 2.75) is 13.5 Å². The molecule has 0 saturated heterocycles. The predicted molar refractivity (Wildman–Crippen MR) is 74.3 cm³/mol. The van der Waals surface area contributed by atoms with Gasteiger partial charge >= 0.3 is 0 Å². The molecule has 0 saturated carbocycles. The molecular weight excluding hydrogens is 248 g/mol. The largest absolute Gasteiger partial charge is 0.340 e. The molecule has 0 radical (unpaired) electrons. The molecule has 2 rings (SSSR count). The highest BCUT2D eigenvalue weighted by Gasteiger charge is 2.01. The Kier molecular flexibility index (Phi) is 4.12. The first-order valence-corrected chi connectivity index (χ1v) is 6.07. The van der Waals surface area contributed by atoms with Gasteiger partial charge in [-0.15, -0.1) is 0 Å². The topological polar surface area (TPSA) is 49.8 Å². The Morgan fingerprint density at radius 1 is 1.22 bits per heavy atom. The fraction of sp³-hybridized carbons (Fsp3) is 0.231. The van der Waals surface area contributed by atoms with E-state index in [-0.39, 0.29) is 5.28 Å². The van der Waals surface area contributed by atoms with Gasteiger partial charge in [0.05, 0.1) is 0 Å². The molecule has 0 spiro atoms. The number of aromatic nitrogens is 2. The van der Waals surface area contributed by atoms with Crippen molar-refractivity contribution in [1.29, 1.82) is 0 Å². The van der Waals surface area contributed by atoms with E-state index in [2.05, 4.69) is 32.7 Å². The molecule has 94 valence electrons. The Hall–Kier alpha value is -1.65. The van der Waals surface area contributed by atoms with Crippen molar-refractivity contribution < 1.29 is 0 Å². The van der Waals surface area contributed by atoms with E-state index < -0.39 is 0 Å². The van der Waals surface area contributed by atoms with Crippen LogP contribution in [0.4, 0.5) is 11.5 Å². The Labute approximate surface area is 111 Å². The lowest BCUT2D eigenvalue weighted by atomic mass is 10.2. The van der Waals surface area contributed by atoms with Crippen molar-refractivity contribution in [1.82, 2.24) is 15.3 Å². The van der Waals surface area contributed by atoms with Gasteiger partial charge < -0.3 is 10.6 Å². The maximum atomic E-state index is 5.83. The number of aryl methyl sites for hydroxylation is 1. The maximum absolute atomic E-state index is 5.83. The van der Waals surface area contributed by atoms with Crippen LogP contribution in [0.2, 0.25) is 5.28 Å². The predicted octanol–water partition coefficient (Wildman–Crippen LogP) is 2.90. The fourth-order valence-electron chi connectivity index (χ4n) is 1.71. The van der Waals surface area contributed by atoms with Crippen molar-refractivity contribution in [3.63, 3.8) is 0 Å². The molecule has 18 heavy (non-hydrogen) atoms. The molecule has 2 N–H and O–H groups in total. The fourth-order valence-corrected chi connectivity index (χ4v) is 1.93. The molecule has 0 amide bonds. The molecule has 1 heterocycles. The molecule has 0 bridgehead atoms. The van der Waals surface area contributed by atoms with Crippen LogP contribution in [-0.2, 0) is 6.54 Å². The van der Waals surface area contributed by atoms with Gasteiger partial charge in [0.2, 0.25) is 5.28 Å². The summed E-state index contributed by atoms with van der Waals surface area (Å²) < 4.78 is 0. The molecule has 5 heteroatoms. The molecule has 0 unspecified atom stereocenters. The number of halogens is 1. The molecular formula is C13H15ClN4. The second-order valence-corrected chi connectivity index (χ2v) is 4.36. The third-order valence-electron chi connectivity index (χ3n) is 2.41. The molecule has 0 aliphatic carbocycles. The van der Waals surface area contributed by atoms with Gasteiger partial charge in [-0.05, 0) is 43.3 Å². The van der Waals surface area contributed by atoms with Crippen LogP contribution < -0.4 is 10.6 Å². The van der Waals surface area contributed by atoms with Crippen LogP contribution in [0.1, 0.15) is 11.3 Å². The lowest BCUT2D eigenvalue weighted by Crippen LogP contribution is -2.05. The lowest BCUT2D eigenvalue weighted by Gasteiger charge is -2.08. The van der Waals surface area contributed by atoms with Gasteiger partial charge in [0.15, 0.2) is 0 Å². The molecule has 0 atom stereocenters.